The van der Waals surface area contributed by atoms with Gasteiger partial charge in [0.05, 0.1) is 55.8 Å². The molecule has 4 aliphatic heterocycles. The molecule has 0 bridgehead atoms. The molecule has 4 aliphatic rings. The Morgan fingerprint density at radius 3 is 0.963 bits per heavy atom. The Bertz CT molecular complexity index is 6600. The molecule has 16 rings (SSSR count). The summed E-state index contributed by atoms with van der Waals surface area (Å²) in [6, 6.07) is 64.7. The molecule has 696 valence electrons. The lowest BCUT2D eigenvalue weighted by Crippen LogP contribution is -2.32. The standard InChI is InChI=1S/C28H29N3O4.C28H31N3O3.C28H29N3O3.C27H26N4O2/c1-20-29-25(28(34)35)26(32)27(33)31(20)18-15-23-9-7-21(8-10-23)5-6-22-11-13-24(14-12-22)19-30-16-3-2-4-17-30;2*1-21(32)26(31-20-29-18-27(33)28(31)34)17-24-11-7-22(8-12-24)5-6-23-9-13-25(14-10-23)19-30-15-3-2-4-16-30;28-17-25(31-20-29-18-26(32)27(31)33)16-23-10-6-21(7-11-23)4-5-22-8-12-24(13-9-22)19-30-14-2-1-3-15-30/h7-14,32H,2-4,15-19H2,1H3,(H,34,35);7-14,18,20-21,26,32-33H,2-4,15-17,19H2,1H3;7-14,18,20,26,33H,2-4,15-17,19H2,1H3;6-13,18,20,25,32H,1-3,14-16,19H2. The van der Waals surface area contributed by atoms with Crippen molar-refractivity contribution in [2.45, 2.75) is 180 Å². The number of rotatable bonds is 23. The molecule has 12 aromatic rings. The number of aliphatic hydroxyl groups is 1. The monoisotopic (exact) mass is 1820 g/mol. The van der Waals surface area contributed by atoms with Gasteiger partial charge >= 0.3 is 5.97 Å². The van der Waals surface area contributed by atoms with Crippen molar-refractivity contribution < 1.29 is 40.2 Å². The summed E-state index contributed by atoms with van der Waals surface area (Å²) in [6.45, 7) is 18.4. The Labute approximate surface area is 793 Å². The molecule has 4 aromatic heterocycles. The van der Waals surface area contributed by atoms with E-state index in [-0.39, 0.29) is 18.2 Å². The van der Waals surface area contributed by atoms with Gasteiger partial charge in [-0.3, -0.25) is 61.8 Å². The lowest BCUT2D eigenvalue weighted by Gasteiger charge is -2.26. The molecule has 4 unspecified atom stereocenters. The van der Waals surface area contributed by atoms with Crippen LogP contribution in [0, 0.1) is 65.6 Å². The van der Waals surface area contributed by atoms with Gasteiger partial charge < -0.3 is 30.6 Å². The Hall–Kier alpha value is -14.9. The molecule has 4 atom stereocenters. The van der Waals surface area contributed by atoms with E-state index in [0.717, 1.165) is 116 Å². The number of benzene rings is 8. The highest BCUT2D eigenvalue weighted by Crippen LogP contribution is 2.25. The predicted molar refractivity (Wildman–Crippen MR) is 524 cm³/mol. The van der Waals surface area contributed by atoms with Gasteiger partial charge in [0, 0.05) is 90.1 Å². The minimum atomic E-state index is -1.43. The number of aromatic carboxylic acids is 1. The number of carbonyl (C=O) groups excluding carboxylic acids is 1. The van der Waals surface area contributed by atoms with Crippen LogP contribution in [0.25, 0.3) is 0 Å². The molecular weight excluding hydrogens is 1710 g/mol. The molecule has 136 heavy (non-hydrogen) atoms. The zero-order chi connectivity index (χ0) is 95.7. The molecule has 0 radical (unpaired) electrons. The Kier molecular flexibility index (Phi) is 36.1. The van der Waals surface area contributed by atoms with E-state index in [1.54, 1.807) is 13.8 Å². The van der Waals surface area contributed by atoms with Gasteiger partial charge in [-0.2, -0.15) is 5.26 Å². The maximum absolute atomic E-state index is 12.3. The molecule has 4 saturated heterocycles. The van der Waals surface area contributed by atoms with E-state index < -0.39 is 81.1 Å². The van der Waals surface area contributed by atoms with E-state index in [4.69, 9.17) is 5.11 Å². The topological polar surface area (TPSA) is 332 Å². The smallest absolute Gasteiger partial charge is 0.358 e. The van der Waals surface area contributed by atoms with Crippen LogP contribution in [0.5, 0.6) is 23.0 Å². The second-order valence-corrected chi connectivity index (χ2v) is 35.0. The molecule has 8 aromatic carbocycles. The van der Waals surface area contributed by atoms with Crippen molar-refractivity contribution in [3.8, 4) is 76.4 Å². The summed E-state index contributed by atoms with van der Waals surface area (Å²) >= 11 is 0. The fourth-order valence-electron chi connectivity index (χ4n) is 16.8. The first-order valence-electron chi connectivity index (χ1n) is 46.6. The zero-order valence-corrected chi connectivity index (χ0v) is 77.2. The predicted octanol–water partition coefficient (Wildman–Crippen LogP) is 14.4. The number of ketones is 1. The molecule has 0 spiro atoms. The number of nitrogens with zero attached hydrogens (tertiary/aromatic N) is 13. The summed E-state index contributed by atoms with van der Waals surface area (Å²) in [4.78, 5) is 97.5. The number of aryl methyl sites for hydroxylation is 2. The lowest BCUT2D eigenvalue weighted by atomic mass is 10.0. The van der Waals surface area contributed by atoms with E-state index in [1.807, 2.05) is 97.1 Å². The first kappa shape index (κ1) is 98.6. The number of aromatic hydroxyl groups is 4. The molecule has 8 heterocycles. The summed E-state index contributed by atoms with van der Waals surface area (Å²) in [5.41, 5.74) is 13.3. The van der Waals surface area contributed by atoms with Gasteiger partial charge in [-0.05, 0) is 279 Å². The summed E-state index contributed by atoms with van der Waals surface area (Å²) in [6.07, 6.45) is 23.7. The molecule has 25 nitrogen and oxygen atoms in total. The molecule has 6 N–H and O–H groups in total. The molecule has 0 saturated carbocycles. The van der Waals surface area contributed by atoms with Crippen molar-refractivity contribution in [3.05, 3.63) is 374 Å². The van der Waals surface area contributed by atoms with Crippen molar-refractivity contribution in [1.29, 1.82) is 5.26 Å². The summed E-state index contributed by atoms with van der Waals surface area (Å²) < 4.78 is 4.89. The first-order chi connectivity index (χ1) is 66.0. The van der Waals surface area contributed by atoms with E-state index in [0.29, 0.717) is 25.7 Å². The average Bonchev–Trinajstić information content (AvgIpc) is 0.812. The van der Waals surface area contributed by atoms with Crippen molar-refractivity contribution in [3.63, 3.8) is 0 Å². The number of aromatic nitrogens is 8. The van der Waals surface area contributed by atoms with Crippen LogP contribution in [0.15, 0.2) is 251 Å². The second kappa shape index (κ2) is 49.8. The van der Waals surface area contributed by atoms with Crippen LogP contribution in [0.4, 0.5) is 0 Å². The largest absolute Gasteiger partial charge is 0.502 e. The molecule has 25 heteroatoms. The van der Waals surface area contributed by atoms with Gasteiger partial charge in [0.25, 0.3) is 22.2 Å². The van der Waals surface area contributed by atoms with Crippen LogP contribution in [0.2, 0.25) is 0 Å². The van der Waals surface area contributed by atoms with Crippen LogP contribution in [0.3, 0.4) is 0 Å². The van der Waals surface area contributed by atoms with E-state index in [2.05, 4.69) is 190 Å². The molecule has 0 amide bonds. The van der Waals surface area contributed by atoms with Gasteiger partial charge in [-0.15, -0.1) is 0 Å². The van der Waals surface area contributed by atoms with Crippen LogP contribution in [-0.2, 0) is 63.2 Å². The first-order valence-corrected chi connectivity index (χ1v) is 46.6. The maximum Gasteiger partial charge on any atom is 0.358 e. The minimum absolute atomic E-state index is 0.179. The van der Waals surface area contributed by atoms with Gasteiger partial charge in [-0.25, -0.2) is 24.7 Å². The van der Waals surface area contributed by atoms with Crippen molar-refractivity contribution in [2.24, 2.45) is 0 Å². The number of hydrogen-bond donors (Lipinski definition) is 6. The number of carboxylic acids is 1. The second-order valence-electron chi connectivity index (χ2n) is 35.0. The van der Waals surface area contributed by atoms with Crippen molar-refractivity contribution in [1.82, 2.24) is 57.8 Å². The van der Waals surface area contributed by atoms with Gasteiger partial charge in [0.15, 0.2) is 28.7 Å². The third kappa shape index (κ3) is 29.3. The number of aliphatic hydroxyl groups excluding tert-OH is 1. The summed E-state index contributed by atoms with van der Waals surface area (Å²) in [7, 11) is 0. The number of Topliss-reactive ketones (excluding diaryl/α,β-unsaturated/α-hetero) is 1. The van der Waals surface area contributed by atoms with E-state index in [9.17, 15) is 59.6 Å². The van der Waals surface area contributed by atoms with Crippen molar-refractivity contribution >= 4 is 11.8 Å². The normalized spacial score (nSPS) is 14.7. The third-order valence-electron chi connectivity index (χ3n) is 24.7. The van der Waals surface area contributed by atoms with Gasteiger partial charge in [0.1, 0.15) is 17.9 Å². The number of carbonyl (C=O) groups is 2. The van der Waals surface area contributed by atoms with Crippen molar-refractivity contribution in [2.75, 3.05) is 52.4 Å². The fourth-order valence-corrected chi connectivity index (χ4v) is 16.8. The van der Waals surface area contributed by atoms with Gasteiger partial charge in [0.2, 0.25) is 5.75 Å². The van der Waals surface area contributed by atoms with Crippen LogP contribution < -0.4 is 22.2 Å². The van der Waals surface area contributed by atoms with Gasteiger partial charge in [-0.1, -0.05) is 170 Å². The third-order valence-corrected chi connectivity index (χ3v) is 24.7. The number of piperidine rings is 4. The maximum atomic E-state index is 12.3. The Balaban J connectivity index is 0.000000153. The lowest BCUT2D eigenvalue weighted by molar-refractivity contribution is -0.120. The highest BCUT2D eigenvalue weighted by molar-refractivity contribution is 5.88. The molecular formula is C111H115N13O12. The Morgan fingerprint density at radius 1 is 0.375 bits per heavy atom. The number of carboxylic acid groups (broad SMARTS) is 1. The minimum Gasteiger partial charge on any atom is -0.502 e. The highest BCUT2D eigenvalue weighted by atomic mass is 16.4. The van der Waals surface area contributed by atoms with E-state index >= 15 is 0 Å². The quantitative estimate of drug-likeness (QED) is 0.0324. The van der Waals surface area contributed by atoms with Crippen LogP contribution >= 0.6 is 0 Å². The zero-order valence-electron chi connectivity index (χ0n) is 77.2. The molecule has 4 fully saturated rings. The number of nitriles is 1. The number of likely N-dealkylation sites (tertiary alicyclic amines) is 4. The fraction of sp³-hybridized carbons (Fsp3) is 0.324. The Morgan fingerprint density at radius 2 is 0.654 bits per heavy atom. The van der Waals surface area contributed by atoms with Crippen LogP contribution in [0.1, 0.15) is 214 Å². The molecule has 0 aliphatic carbocycles. The van der Waals surface area contributed by atoms with E-state index in [1.165, 1.54) is 191 Å². The number of hydrogen-bond acceptors (Lipinski definition) is 20. The summed E-state index contributed by atoms with van der Waals surface area (Å²) in [5, 5.41) is 67.5. The average molecular weight is 1820 g/mol. The SMILES string of the molecule is CC(=O)C(Cc1ccc(C#Cc2ccc(CN3CCCCC3)cc2)cc1)n1cncc(O)c1=O.CC(O)C(Cc1ccc(C#Cc2ccc(CN3CCCCC3)cc2)cc1)n1cncc(O)c1=O.Cc1nc(C(=O)O)c(O)c(=O)n1CCc1ccc(C#Cc2ccc(CN3CCCCC3)cc2)cc1.N#CC(Cc1ccc(C#Cc2ccc(CN3CCCCC3)cc2)cc1)n1cncc(O)c1=O. The highest BCUT2D eigenvalue weighted by Gasteiger charge is 2.25. The summed E-state index contributed by atoms with van der Waals surface area (Å²) in [5.74, 6) is 22.0. The van der Waals surface area contributed by atoms with Crippen LogP contribution in [-0.4, -0.2) is 159 Å².